The van der Waals surface area contributed by atoms with Crippen molar-refractivity contribution in [1.29, 1.82) is 0 Å². The molecule has 0 saturated carbocycles. The Hall–Kier alpha value is -2.65. The number of fused-ring (bicyclic) bond motifs is 1. The van der Waals surface area contributed by atoms with Crippen molar-refractivity contribution in [3.05, 3.63) is 65.9 Å². The van der Waals surface area contributed by atoms with Crippen LogP contribution in [0.5, 0.6) is 0 Å². The van der Waals surface area contributed by atoms with Gasteiger partial charge in [-0.1, -0.05) is 18.2 Å². The smallest absolute Gasteiger partial charge is 0.306 e. The number of hydrogen-bond acceptors (Lipinski definition) is 4. The molecule has 0 aliphatic carbocycles. The molecule has 0 atom stereocenters. The zero-order valence-corrected chi connectivity index (χ0v) is 17.5. The van der Waals surface area contributed by atoms with Crippen LogP contribution in [0.4, 0.5) is 18.9 Å². The minimum atomic E-state index is -4.53. The molecule has 5 nitrogen and oxygen atoms in total. The third-order valence-corrected chi connectivity index (χ3v) is 5.70. The van der Waals surface area contributed by atoms with Gasteiger partial charge in [0.25, 0.3) is 10.0 Å². The van der Waals surface area contributed by atoms with Gasteiger partial charge >= 0.3 is 6.18 Å². The number of anilines is 1. The Morgan fingerprint density at radius 3 is 2.20 bits per heavy atom. The van der Waals surface area contributed by atoms with E-state index >= 15 is 0 Å². The second-order valence-corrected chi connectivity index (χ2v) is 9.59. The van der Waals surface area contributed by atoms with Gasteiger partial charge in [-0.3, -0.25) is 4.72 Å². The number of para-hydroxylation sites is 1. The van der Waals surface area contributed by atoms with E-state index in [1.807, 2.05) is 32.9 Å². The van der Waals surface area contributed by atoms with Crippen LogP contribution in [0, 0.1) is 0 Å². The molecule has 1 heterocycles. The lowest BCUT2D eigenvalue weighted by Gasteiger charge is -2.20. The van der Waals surface area contributed by atoms with E-state index < -0.39 is 21.8 Å². The SMILES string of the molecule is CC(C)(C)NCc1ccc2cccc(NS(=O)(=O)c3ccc(C(F)(F)F)cc3)c2n1. The van der Waals surface area contributed by atoms with Crippen LogP contribution >= 0.6 is 0 Å². The van der Waals surface area contributed by atoms with Gasteiger partial charge in [0, 0.05) is 17.5 Å². The summed E-state index contributed by atoms with van der Waals surface area (Å²) in [7, 11) is -4.09. The fourth-order valence-electron chi connectivity index (χ4n) is 2.75. The average Bonchev–Trinajstić information content (AvgIpc) is 2.65. The first-order valence-electron chi connectivity index (χ1n) is 9.19. The lowest BCUT2D eigenvalue weighted by atomic mass is 10.1. The number of nitrogens with zero attached hydrogens (tertiary/aromatic N) is 1. The van der Waals surface area contributed by atoms with Gasteiger partial charge in [0.15, 0.2) is 0 Å². The maximum absolute atomic E-state index is 12.7. The molecule has 0 unspecified atom stereocenters. The Morgan fingerprint density at radius 2 is 1.60 bits per heavy atom. The summed E-state index contributed by atoms with van der Waals surface area (Å²) < 4.78 is 66.1. The van der Waals surface area contributed by atoms with Crippen LogP contribution in [-0.2, 0) is 22.7 Å². The van der Waals surface area contributed by atoms with Crippen molar-refractivity contribution in [3.63, 3.8) is 0 Å². The topological polar surface area (TPSA) is 71.1 Å². The van der Waals surface area contributed by atoms with Gasteiger partial charge in [0.2, 0.25) is 0 Å². The van der Waals surface area contributed by atoms with Crippen molar-refractivity contribution in [2.45, 2.75) is 43.9 Å². The van der Waals surface area contributed by atoms with E-state index in [9.17, 15) is 21.6 Å². The minimum absolute atomic E-state index is 0.111. The summed E-state index contributed by atoms with van der Waals surface area (Å²) in [4.78, 5) is 4.30. The molecule has 0 radical (unpaired) electrons. The number of sulfonamides is 1. The number of aromatic nitrogens is 1. The second kappa shape index (κ2) is 7.88. The molecule has 2 aromatic carbocycles. The Labute approximate surface area is 173 Å². The molecule has 0 aliphatic rings. The van der Waals surface area contributed by atoms with Crippen molar-refractivity contribution in [1.82, 2.24) is 10.3 Å². The fourth-order valence-corrected chi connectivity index (χ4v) is 3.82. The molecule has 30 heavy (non-hydrogen) atoms. The Bertz CT molecular complexity index is 1150. The van der Waals surface area contributed by atoms with Crippen LogP contribution in [0.3, 0.4) is 0 Å². The largest absolute Gasteiger partial charge is 0.416 e. The van der Waals surface area contributed by atoms with E-state index in [0.29, 0.717) is 12.1 Å². The van der Waals surface area contributed by atoms with Gasteiger partial charge in [-0.15, -0.1) is 0 Å². The number of nitrogens with one attached hydrogen (secondary N) is 2. The summed E-state index contributed by atoms with van der Waals surface area (Å²) in [6.45, 7) is 6.58. The van der Waals surface area contributed by atoms with Crippen molar-refractivity contribution < 1.29 is 21.6 Å². The van der Waals surface area contributed by atoms with Crippen LogP contribution < -0.4 is 10.0 Å². The van der Waals surface area contributed by atoms with E-state index in [4.69, 9.17) is 0 Å². The van der Waals surface area contributed by atoms with Crippen LogP contribution in [0.25, 0.3) is 10.9 Å². The molecule has 0 saturated heterocycles. The molecule has 0 amide bonds. The summed E-state index contributed by atoms with van der Waals surface area (Å²) in [5, 5.41) is 4.06. The van der Waals surface area contributed by atoms with Gasteiger partial charge in [-0.2, -0.15) is 13.2 Å². The number of benzene rings is 2. The van der Waals surface area contributed by atoms with Crippen molar-refractivity contribution in [3.8, 4) is 0 Å². The molecule has 2 N–H and O–H groups in total. The Balaban J connectivity index is 1.92. The summed E-state index contributed by atoms with van der Waals surface area (Å²) in [5.41, 5.74) is 0.425. The standard InChI is InChI=1S/C21H22F3N3O2S/c1-20(2,3)25-13-16-10-7-14-5-4-6-18(19(14)26-16)27-30(28,29)17-11-8-15(9-12-17)21(22,23)24/h4-12,25,27H,13H2,1-3H3. The van der Waals surface area contributed by atoms with Gasteiger partial charge in [-0.05, 0) is 57.2 Å². The van der Waals surface area contributed by atoms with Crippen LogP contribution in [0.1, 0.15) is 32.0 Å². The number of rotatable bonds is 5. The monoisotopic (exact) mass is 437 g/mol. The van der Waals surface area contributed by atoms with E-state index in [-0.39, 0.29) is 16.1 Å². The van der Waals surface area contributed by atoms with Crippen molar-refractivity contribution >= 4 is 26.6 Å². The van der Waals surface area contributed by atoms with Crippen LogP contribution in [-0.4, -0.2) is 18.9 Å². The average molecular weight is 437 g/mol. The summed E-state index contributed by atoms with van der Waals surface area (Å²) in [6, 6.07) is 12.1. The quantitative estimate of drug-likeness (QED) is 0.593. The molecule has 0 bridgehead atoms. The Kier molecular flexibility index (Phi) is 5.79. The first-order chi connectivity index (χ1) is 13.9. The maximum atomic E-state index is 12.7. The normalized spacial score (nSPS) is 12.9. The predicted octanol–water partition coefficient (Wildman–Crippen LogP) is 4.94. The first kappa shape index (κ1) is 22.0. The van der Waals surface area contributed by atoms with E-state index in [1.165, 1.54) is 0 Å². The Morgan fingerprint density at radius 1 is 0.933 bits per heavy atom. The van der Waals surface area contributed by atoms with Gasteiger partial charge in [0.05, 0.1) is 27.4 Å². The molecule has 0 fully saturated rings. The summed E-state index contributed by atoms with van der Waals surface area (Å²) in [5.74, 6) is 0. The highest BCUT2D eigenvalue weighted by Crippen LogP contribution is 2.30. The molecule has 0 aliphatic heterocycles. The fraction of sp³-hybridized carbons (Fsp3) is 0.286. The highest BCUT2D eigenvalue weighted by atomic mass is 32.2. The third kappa shape index (κ3) is 5.28. The van der Waals surface area contributed by atoms with E-state index in [1.54, 1.807) is 18.2 Å². The third-order valence-electron chi connectivity index (χ3n) is 4.31. The van der Waals surface area contributed by atoms with E-state index in [0.717, 1.165) is 35.3 Å². The maximum Gasteiger partial charge on any atom is 0.416 e. The van der Waals surface area contributed by atoms with Gasteiger partial charge in [-0.25, -0.2) is 13.4 Å². The zero-order valence-electron chi connectivity index (χ0n) is 16.7. The molecule has 160 valence electrons. The summed E-state index contributed by atoms with van der Waals surface area (Å²) in [6.07, 6.45) is -4.53. The lowest BCUT2D eigenvalue weighted by molar-refractivity contribution is -0.137. The molecule has 0 spiro atoms. The first-order valence-corrected chi connectivity index (χ1v) is 10.7. The molecule has 9 heteroatoms. The molecule has 3 rings (SSSR count). The number of alkyl halides is 3. The molecular weight excluding hydrogens is 415 g/mol. The van der Waals surface area contributed by atoms with Gasteiger partial charge < -0.3 is 5.32 Å². The van der Waals surface area contributed by atoms with Crippen LogP contribution in [0.15, 0.2) is 59.5 Å². The molecule has 1 aromatic heterocycles. The number of pyridine rings is 1. The molecular formula is C21H22F3N3O2S. The van der Waals surface area contributed by atoms with Gasteiger partial charge in [0.1, 0.15) is 0 Å². The highest BCUT2D eigenvalue weighted by Gasteiger charge is 2.30. The van der Waals surface area contributed by atoms with Crippen molar-refractivity contribution in [2.24, 2.45) is 0 Å². The number of halogens is 3. The van der Waals surface area contributed by atoms with E-state index in [2.05, 4.69) is 15.0 Å². The van der Waals surface area contributed by atoms with Crippen LogP contribution in [0.2, 0.25) is 0 Å². The minimum Gasteiger partial charge on any atom is -0.306 e. The van der Waals surface area contributed by atoms with Crippen molar-refractivity contribution in [2.75, 3.05) is 4.72 Å². The highest BCUT2D eigenvalue weighted by molar-refractivity contribution is 7.92. The number of hydrogen-bond donors (Lipinski definition) is 2. The molecule has 3 aromatic rings. The second-order valence-electron chi connectivity index (χ2n) is 7.91. The zero-order chi connectivity index (χ0) is 22.2. The summed E-state index contributed by atoms with van der Waals surface area (Å²) >= 11 is 0. The predicted molar refractivity (Wildman–Crippen MR) is 111 cm³/mol. The lowest BCUT2D eigenvalue weighted by Crippen LogP contribution is -2.35.